The lowest BCUT2D eigenvalue weighted by molar-refractivity contribution is -0.220. The number of rotatable bonds is 13. The minimum atomic E-state index is -0.401. The third-order valence-electron chi connectivity index (χ3n) is 17.7. The Balaban J connectivity index is 0.994. The standard InChI is InChI=1S/C54H71N3O8S4/c1-34(13-16-47(58)61-4)42-14-15-43-50-44(30-46(54(42,43)3)65-49(60)33-69-52(67)57-21-25-63-26-22-57)53(2)18-17-38(55-31-41-39-11-7-5-9-35(39)27-36-10-6-8-12-40(36)41)28-37(53)29-45(50)64-48(59)32-68-51(66)56-19-23-62-24-20-56/h5-12,27,34,37-38,42-46,50,55H,13-26,28-33H2,1-4H3/t34-,37?,38-,42-,43+,44+,45-,46+,50+,53+,54-/m1/s1. The van der Waals surface area contributed by atoms with Crippen LogP contribution in [0.2, 0.25) is 0 Å². The van der Waals surface area contributed by atoms with Crippen molar-refractivity contribution in [1.29, 1.82) is 0 Å². The highest BCUT2D eigenvalue weighted by Gasteiger charge is 2.67. The van der Waals surface area contributed by atoms with E-state index >= 15 is 0 Å². The zero-order valence-corrected chi connectivity index (χ0v) is 44.1. The lowest BCUT2D eigenvalue weighted by Crippen LogP contribution is -2.64. The Labute approximate surface area is 427 Å². The summed E-state index contributed by atoms with van der Waals surface area (Å²) in [5, 5.41) is 9.13. The normalized spacial score (nSPS) is 31.5. The quantitative estimate of drug-likeness (QED) is 0.0758. The van der Waals surface area contributed by atoms with Crippen molar-refractivity contribution < 1.29 is 38.1 Å². The maximum atomic E-state index is 14.2. The van der Waals surface area contributed by atoms with E-state index in [0.29, 0.717) is 54.3 Å². The number of esters is 3. The van der Waals surface area contributed by atoms with Gasteiger partial charge in [0.05, 0.1) is 45.0 Å². The lowest BCUT2D eigenvalue weighted by Gasteiger charge is -2.64. The molecule has 1 N–H and O–H groups in total. The zero-order chi connectivity index (χ0) is 48.3. The fraction of sp³-hybridized carbons (Fsp3) is 0.648. The second kappa shape index (κ2) is 22.4. The molecule has 3 aromatic carbocycles. The van der Waals surface area contributed by atoms with Crippen LogP contribution in [-0.4, -0.2) is 126 Å². The van der Waals surface area contributed by atoms with Gasteiger partial charge in [-0.2, -0.15) is 0 Å². The lowest BCUT2D eigenvalue weighted by atomic mass is 9.43. The first-order valence-electron chi connectivity index (χ1n) is 25.4. The summed E-state index contributed by atoms with van der Waals surface area (Å²) in [7, 11) is 1.45. The second-order valence-corrected chi connectivity index (χ2v) is 24.3. The number of hydrogen-bond donors (Lipinski definition) is 1. The van der Waals surface area contributed by atoms with Gasteiger partial charge in [-0.15, -0.1) is 0 Å². The first-order valence-corrected chi connectivity index (χ1v) is 28.2. The van der Waals surface area contributed by atoms with E-state index in [1.54, 1.807) is 0 Å². The van der Waals surface area contributed by atoms with Crippen molar-refractivity contribution in [2.24, 2.45) is 46.3 Å². The largest absolute Gasteiger partial charge is 0.469 e. The predicted octanol–water partition coefficient (Wildman–Crippen LogP) is 9.44. The Morgan fingerprint density at radius 3 is 1.99 bits per heavy atom. The smallest absolute Gasteiger partial charge is 0.316 e. The number of carbonyl (C=O) groups is 3. The number of thiocarbonyl (C=S) groups is 2. The number of methoxy groups -OCH3 is 1. The van der Waals surface area contributed by atoms with Gasteiger partial charge in [-0.3, -0.25) is 14.4 Å². The molecule has 3 aromatic rings. The van der Waals surface area contributed by atoms with Gasteiger partial charge >= 0.3 is 17.9 Å². The Hall–Kier alpha value is -3.05. The molecular formula is C54H71N3O8S4. The van der Waals surface area contributed by atoms with E-state index in [2.05, 4.69) is 90.5 Å². The molecule has 11 atom stereocenters. The number of morpholine rings is 2. The highest BCUT2D eigenvalue weighted by molar-refractivity contribution is 8.23. The van der Waals surface area contributed by atoms with Gasteiger partial charge in [0, 0.05) is 56.5 Å². The monoisotopic (exact) mass is 1020 g/mol. The summed E-state index contributed by atoms with van der Waals surface area (Å²) < 4.78 is 31.3. The summed E-state index contributed by atoms with van der Waals surface area (Å²) in [4.78, 5) is 45.2. The van der Waals surface area contributed by atoms with Crippen molar-refractivity contribution in [1.82, 2.24) is 15.1 Å². The van der Waals surface area contributed by atoms with Gasteiger partial charge in [-0.1, -0.05) is 117 Å². The molecule has 15 heteroatoms. The third-order valence-corrected chi connectivity index (χ3v) is 20.7. The van der Waals surface area contributed by atoms with Gasteiger partial charge in [-0.25, -0.2) is 0 Å². The Bertz CT molecular complexity index is 2310. The van der Waals surface area contributed by atoms with Crippen LogP contribution in [0.4, 0.5) is 0 Å². The van der Waals surface area contributed by atoms with Crippen LogP contribution in [0.15, 0.2) is 54.6 Å². The molecule has 2 heterocycles. The van der Waals surface area contributed by atoms with Crippen LogP contribution in [0.1, 0.15) is 84.1 Å². The van der Waals surface area contributed by atoms with E-state index in [0.717, 1.165) is 71.2 Å². The van der Waals surface area contributed by atoms with Crippen molar-refractivity contribution >= 4 is 96.1 Å². The Morgan fingerprint density at radius 2 is 1.38 bits per heavy atom. The van der Waals surface area contributed by atoms with Crippen molar-refractivity contribution in [3.8, 4) is 0 Å². The number of nitrogens with zero attached hydrogens (tertiary/aromatic N) is 2. The molecule has 0 spiro atoms. The SMILES string of the molecule is COC(=O)CC[C@@H](C)[C@H]1CC[C@H]2[C@@H]3[C@H](OC(=O)CSC(=S)N4CCOCC4)CC4C[C@H](NCc5c6ccccc6cc6ccccc56)CC[C@]4(C)[C@H]3C[C@H](OC(=O)CSC(=S)N3CCOCC3)[C@]12C. The molecule has 11 nitrogen and oxygen atoms in total. The minimum Gasteiger partial charge on any atom is -0.469 e. The molecule has 0 bridgehead atoms. The van der Waals surface area contributed by atoms with Crippen LogP contribution in [0, 0.1) is 46.3 Å². The number of benzene rings is 3. The molecule has 0 amide bonds. The van der Waals surface area contributed by atoms with Crippen molar-refractivity contribution in [2.75, 3.05) is 71.2 Å². The van der Waals surface area contributed by atoms with Gasteiger partial charge in [0.1, 0.15) is 20.8 Å². The minimum absolute atomic E-state index is 0.0578. The molecule has 6 aliphatic rings. The zero-order valence-electron chi connectivity index (χ0n) is 40.8. The summed E-state index contributed by atoms with van der Waals surface area (Å²) in [6.45, 7) is 13.3. The van der Waals surface area contributed by atoms with E-state index in [1.807, 2.05) is 0 Å². The summed E-state index contributed by atoms with van der Waals surface area (Å²) in [5.74, 6) is 0.716. The van der Waals surface area contributed by atoms with Crippen LogP contribution in [0.3, 0.4) is 0 Å². The molecule has 4 saturated carbocycles. The van der Waals surface area contributed by atoms with Gasteiger partial charge in [0.15, 0.2) is 0 Å². The van der Waals surface area contributed by atoms with Gasteiger partial charge in [0.2, 0.25) is 0 Å². The summed E-state index contributed by atoms with van der Waals surface area (Å²) >= 11 is 14.4. The van der Waals surface area contributed by atoms with Crippen LogP contribution < -0.4 is 5.32 Å². The van der Waals surface area contributed by atoms with Crippen molar-refractivity contribution in [2.45, 2.75) is 103 Å². The molecule has 374 valence electrons. The van der Waals surface area contributed by atoms with Crippen LogP contribution in [0.5, 0.6) is 0 Å². The van der Waals surface area contributed by atoms with E-state index in [4.69, 9.17) is 48.1 Å². The van der Waals surface area contributed by atoms with Crippen molar-refractivity contribution in [3.05, 3.63) is 60.2 Å². The molecule has 2 saturated heterocycles. The van der Waals surface area contributed by atoms with Gasteiger partial charge in [-0.05, 0) is 120 Å². The first kappa shape index (κ1) is 50.9. The maximum absolute atomic E-state index is 14.2. The average Bonchev–Trinajstić information content (AvgIpc) is 3.74. The average molecular weight is 1020 g/mol. The molecule has 4 aliphatic carbocycles. The first-order chi connectivity index (χ1) is 33.4. The Kier molecular flexibility index (Phi) is 16.5. The van der Waals surface area contributed by atoms with Crippen LogP contribution in [0.25, 0.3) is 21.5 Å². The second-order valence-electron chi connectivity index (χ2n) is 21.1. The number of nitrogens with one attached hydrogen (secondary N) is 1. The maximum Gasteiger partial charge on any atom is 0.316 e. The fourth-order valence-electron chi connectivity index (χ4n) is 14.1. The molecule has 69 heavy (non-hydrogen) atoms. The highest BCUT2D eigenvalue weighted by atomic mass is 32.2. The van der Waals surface area contributed by atoms with E-state index in [9.17, 15) is 14.4 Å². The third kappa shape index (κ3) is 10.9. The number of thioether (sulfide) groups is 2. The topological polar surface area (TPSA) is 116 Å². The predicted molar refractivity (Wildman–Crippen MR) is 283 cm³/mol. The molecule has 1 unspecified atom stereocenters. The molecule has 0 radical (unpaired) electrons. The van der Waals surface area contributed by atoms with Gasteiger partial charge in [0.25, 0.3) is 0 Å². The molecular weight excluding hydrogens is 947 g/mol. The molecule has 9 rings (SSSR count). The summed E-state index contributed by atoms with van der Waals surface area (Å²) in [6, 6.07) is 20.0. The van der Waals surface area contributed by atoms with Gasteiger partial charge < -0.3 is 38.8 Å². The number of hydrogen-bond acceptors (Lipinski definition) is 13. The van der Waals surface area contributed by atoms with E-state index in [-0.39, 0.29) is 88.6 Å². The van der Waals surface area contributed by atoms with E-state index in [1.165, 1.54) is 57.7 Å². The van der Waals surface area contributed by atoms with E-state index < -0.39 is 5.41 Å². The number of carbonyl (C=O) groups excluding carboxylic acids is 3. The van der Waals surface area contributed by atoms with Crippen LogP contribution >= 0.6 is 48.0 Å². The number of ether oxygens (including phenoxy) is 5. The summed E-state index contributed by atoms with van der Waals surface area (Å²) in [6.07, 6.45) is 6.86. The number of fused-ring (bicyclic) bond motifs is 7. The molecule has 6 fully saturated rings. The highest BCUT2D eigenvalue weighted by Crippen LogP contribution is 2.69. The molecule has 2 aliphatic heterocycles. The fourth-order valence-corrected chi connectivity index (χ4v) is 16.2. The molecule has 0 aromatic heterocycles. The summed E-state index contributed by atoms with van der Waals surface area (Å²) in [5.41, 5.74) is 0.872. The van der Waals surface area contributed by atoms with Crippen molar-refractivity contribution in [3.63, 3.8) is 0 Å². The van der Waals surface area contributed by atoms with Crippen LogP contribution in [-0.2, 0) is 44.6 Å². The Morgan fingerprint density at radius 1 is 0.783 bits per heavy atom.